The summed E-state index contributed by atoms with van der Waals surface area (Å²) < 4.78 is 0. The number of nitrogens with one attached hydrogen (secondary N) is 2. The molecule has 1 heterocycles. The number of carbonyl (C=O) groups is 2. The number of amides is 2. The van der Waals surface area contributed by atoms with Crippen molar-refractivity contribution in [3.8, 4) is 0 Å². The van der Waals surface area contributed by atoms with E-state index in [-0.39, 0.29) is 28.9 Å². The maximum Gasteiger partial charge on any atom is 0.253 e. The van der Waals surface area contributed by atoms with Gasteiger partial charge in [-0.25, -0.2) is 4.98 Å². The Morgan fingerprint density at radius 1 is 1.47 bits per heavy atom. The second kappa shape index (κ2) is 6.05. The molecule has 0 atom stereocenters. The van der Waals surface area contributed by atoms with Gasteiger partial charge in [0.2, 0.25) is 5.91 Å². The van der Waals surface area contributed by atoms with E-state index in [1.54, 1.807) is 6.92 Å². The number of nitrogens with two attached hydrogens (primary N) is 1. The van der Waals surface area contributed by atoms with Crippen LogP contribution in [0.4, 0.5) is 5.82 Å². The minimum atomic E-state index is -0.425. The smallest absolute Gasteiger partial charge is 0.253 e. The van der Waals surface area contributed by atoms with Crippen LogP contribution >= 0.6 is 11.6 Å². The fourth-order valence-electron chi connectivity index (χ4n) is 1.09. The van der Waals surface area contributed by atoms with Crippen LogP contribution in [0.2, 0.25) is 5.02 Å². The molecule has 1 aromatic rings. The van der Waals surface area contributed by atoms with E-state index in [0.29, 0.717) is 6.54 Å². The van der Waals surface area contributed by atoms with Crippen molar-refractivity contribution < 1.29 is 9.59 Å². The lowest BCUT2D eigenvalue weighted by atomic mass is 10.2. The first kappa shape index (κ1) is 13.2. The third kappa shape index (κ3) is 3.92. The number of hydrogen-bond acceptors (Lipinski definition) is 4. The Morgan fingerprint density at radius 2 is 2.18 bits per heavy atom. The summed E-state index contributed by atoms with van der Waals surface area (Å²) in [7, 11) is 0. The number of pyridine rings is 1. The van der Waals surface area contributed by atoms with Crippen LogP contribution < -0.4 is 16.4 Å². The molecule has 0 radical (unpaired) electrons. The minimum absolute atomic E-state index is 0.0886. The summed E-state index contributed by atoms with van der Waals surface area (Å²) in [5.74, 6) is -0.520. The van der Waals surface area contributed by atoms with Gasteiger partial charge in [-0.05, 0) is 13.0 Å². The van der Waals surface area contributed by atoms with Crippen molar-refractivity contribution in [2.75, 3.05) is 18.8 Å². The first-order valence-electron chi connectivity index (χ1n) is 5.00. The predicted molar refractivity (Wildman–Crippen MR) is 64.7 cm³/mol. The molecule has 7 heteroatoms. The molecule has 0 spiro atoms. The molecule has 1 rings (SSSR count). The van der Waals surface area contributed by atoms with Crippen molar-refractivity contribution in [3.05, 3.63) is 22.8 Å². The Morgan fingerprint density at radius 3 is 2.76 bits per heavy atom. The van der Waals surface area contributed by atoms with Crippen LogP contribution in [0.5, 0.6) is 0 Å². The van der Waals surface area contributed by atoms with Crippen molar-refractivity contribution in [1.29, 1.82) is 0 Å². The summed E-state index contributed by atoms with van der Waals surface area (Å²) in [6.45, 7) is 2.22. The van der Waals surface area contributed by atoms with Crippen molar-refractivity contribution in [2.45, 2.75) is 6.92 Å². The zero-order valence-corrected chi connectivity index (χ0v) is 10.0. The van der Waals surface area contributed by atoms with Crippen LogP contribution in [0.3, 0.4) is 0 Å². The summed E-state index contributed by atoms with van der Waals surface area (Å²) in [5, 5.41) is 5.20. The second-order valence-electron chi connectivity index (χ2n) is 3.23. The molecular formula is C10H13ClN4O2. The van der Waals surface area contributed by atoms with Crippen molar-refractivity contribution >= 4 is 29.2 Å². The molecule has 1 aromatic heterocycles. The van der Waals surface area contributed by atoms with Gasteiger partial charge in [0.1, 0.15) is 5.82 Å². The van der Waals surface area contributed by atoms with E-state index in [4.69, 9.17) is 17.3 Å². The molecular weight excluding hydrogens is 244 g/mol. The highest BCUT2D eigenvalue weighted by atomic mass is 35.5. The molecule has 17 heavy (non-hydrogen) atoms. The number of nitrogen functional groups attached to an aromatic ring is 1. The number of likely N-dealkylation sites (N-methyl/N-ethyl adjacent to an activating group) is 1. The lowest BCUT2D eigenvalue weighted by molar-refractivity contribution is -0.120. The van der Waals surface area contributed by atoms with Gasteiger partial charge in [-0.1, -0.05) is 11.6 Å². The average Bonchev–Trinajstić information content (AvgIpc) is 2.30. The lowest BCUT2D eigenvalue weighted by Gasteiger charge is -2.05. The molecule has 0 aliphatic heterocycles. The molecule has 0 aliphatic rings. The highest BCUT2D eigenvalue weighted by molar-refractivity contribution is 6.33. The topological polar surface area (TPSA) is 97.1 Å². The molecule has 0 unspecified atom stereocenters. The average molecular weight is 257 g/mol. The normalized spacial score (nSPS) is 9.76. The zero-order chi connectivity index (χ0) is 12.8. The number of hydrogen-bond donors (Lipinski definition) is 3. The summed E-state index contributed by atoms with van der Waals surface area (Å²) in [4.78, 5) is 26.4. The Balaban J connectivity index is 2.58. The van der Waals surface area contributed by atoms with E-state index in [0.717, 1.165) is 0 Å². The van der Waals surface area contributed by atoms with Gasteiger partial charge in [0.05, 0.1) is 17.1 Å². The number of carbonyl (C=O) groups excluding carboxylic acids is 2. The molecule has 0 aromatic carbocycles. The highest BCUT2D eigenvalue weighted by Gasteiger charge is 2.09. The quantitative estimate of drug-likeness (QED) is 0.716. The van der Waals surface area contributed by atoms with Crippen molar-refractivity contribution in [3.63, 3.8) is 0 Å². The lowest BCUT2D eigenvalue weighted by Crippen LogP contribution is -2.36. The fraction of sp³-hybridized carbons (Fsp3) is 0.300. The summed E-state index contributed by atoms with van der Waals surface area (Å²) >= 11 is 5.72. The molecule has 0 fully saturated rings. The Kier molecular flexibility index (Phi) is 4.71. The van der Waals surface area contributed by atoms with E-state index in [2.05, 4.69) is 15.6 Å². The Hall–Kier alpha value is -1.82. The van der Waals surface area contributed by atoms with Crippen LogP contribution in [0.25, 0.3) is 0 Å². The largest absolute Gasteiger partial charge is 0.382 e. The van der Waals surface area contributed by atoms with Gasteiger partial charge in [0, 0.05) is 12.7 Å². The third-order valence-electron chi connectivity index (χ3n) is 1.92. The van der Waals surface area contributed by atoms with E-state index in [1.807, 2.05) is 0 Å². The standard InChI is InChI=1S/C10H13ClN4O2/c1-2-13-8(16)5-15-10(17)6-3-7(11)9(12)14-4-6/h3-4H,2,5H2,1H3,(H2,12,14)(H,13,16)(H,15,17). The minimum Gasteiger partial charge on any atom is -0.382 e. The first-order valence-corrected chi connectivity index (χ1v) is 5.38. The van der Waals surface area contributed by atoms with Gasteiger partial charge in [-0.3, -0.25) is 9.59 Å². The van der Waals surface area contributed by atoms with Gasteiger partial charge < -0.3 is 16.4 Å². The van der Waals surface area contributed by atoms with Crippen LogP contribution in [0.15, 0.2) is 12.3 Å². The van der Waals surface area contributed by atoms with Crippen LogP contribution in [0, 0.1) is 0 Å². The summed E-state index contributed by atoms with van der Waals surface area (Å²) in [5.41, 5.74) is 5.67. The van der Waals surface area contributed by atoms with Crippen LogP contribution in [0.1, 0.15) is 17.3 Å². The second-order valence-corrected chi connectivity index (χ2v) is 3.63. The number of rotatable bonds is 4. The molecule has 0 bridgehead atoms. The highest BCUT2D eigenvalue weighted by Crippen LogP contribution is 2.16. The van der Waals surface area contributed by atoms with Gasteiger partial charge in [-0.2, -0.15) is 0 Å². The van der Waals surface area contributed by atoms with E-state index < -0.39 is 5.91 Å². The first-order chi connectivity index (χ1) is 8.04. The number of aromatic nitrogens is 1. The SMILES string of the molecule is CCNC(=O)CNC(=O)c1cnc(N)c(Cl)c1. The van der Waals surface area contributed by atoms with Crippen molar-refractivity contribution in [1.82, 2.24) is 15.6 Å². The molecule has 0 saturated carbocycles. The fourth-order valence-corrected chi connectivity index (χ4v) is 1.26. The number of halogens is 1. The van der Waals surface area contributed by atoms with Crippen molar-refractivity contribution in [2.24, 2.45) is 0 Å². The Bertz CT molecular complexity index is 436. The molecule has 2 amide bonds. The zero-order valence-electron chi connectivity index (χ0n) is 9.29. The molecule has 6 nitrogen and oxygen atoms in total. The van der Waals surface area contributed by atoms with Gasteiger partial charge in [-0.15, -0.1) is 0 Å². The molecule has 92 valence electrons. The van der Waals surface area contributed by atoms with E-state index in [1.165, 1.54) is 12.3 Å². The third-order valence-corrected chi connectivity index (χ3v) is 2.22. The maximum absolute atomic E-state index is 11.6. The predicted octanol–water partition coefficient (Wildman–Crippen LogP) is 0.183. The monoisotopic (exact) mass is 256 g/mol. The number of anilines is 1. The van der Waals surface area contributed by atoms with Crippen LogP contribution in [-0.4, -0.2) is 29.9 Å². The molecule has 0 saturated heterocycles. The van der Waals surface area contributed by atoms with Crippen LogP contribution in [-0.2, 0) is 4.79 Å². The molecule has 4 N–H and O–H groups in total. The summed E-state index contributed by atoms with van der Waals surface area (Å²) in [6.07, 6.45) is 1.30. The van der Waals surface area contributed by atoms with Gasteiger partial charge >= 0.3 is 0 Å². The Labute approximate surface area is 104 Å². The number of nitrogens with zero attached hydrogens (tertiary/aromatic N) is 1. The van der Waals surface area contributed by atoms with Gasteiger partial charge in [0.15, 0.2) is 0 Å². The molecule has 0 aliphatic carbocycles. The maximum atomic E-state index is 11.6. The summed E-state index contributed by atoms with van der Waals surface area (Å²) in [6, 6.07) is 1.40. The van der Waals surface area contributed by atoms with Gasteiger partial charge in [0.25, 0.3) is 5.91 Å². The van der Waals surface area contributed by atoms with E-state index >= 15 is 0 Å². The van der Waals surface area contributed by atoms with E-state index in [9.17, 15) is 9.59 Å².